The van der Waals surface area contributed by atoms with Crippen LogP contribution in [0.4, 0.5) is 5.88 Å². The maximum atomic E-state index is 12.5. The van der Waals surface area contributed by atoms with E-state index in [1.807, 2.05) is 54.6 Å². The number of amides is 1. The molecule has 0 aliphatic carbocycles. The highest BCUT2D eigenvalue weighted by Gasteiger charge is 2.22. The molecule has 0 bridgehead atoms. The molecule has 1 N–H and O–H groups in total. The van der Waals surface area contributed by atoms with Crippen LogP contribution in [0.3, 0.4) is 0 Å². The standard InChI is InChI=1S/C21H15BrN4O2/c22-16-8-6-15(7-9-16)20-19(17-10-11-23-13-24-17)21(28-26-20)25-18(27)12-14-4-2-1-3-5-14/h1-11,13H,12H2,(H,25,27). The molecule has 6 nitrogen and oxygen atoms in total. The van der Waals surface area contributed by atoms with E-state index in [0.29, 0.717) is 17.0 Å². The fourth-order valence-electron chi connectivity index (χ4n) is 2.81. The SMILES string of the molecule is O=C(Cc1ccccc1)Nc1onc(-c2ccc(Br)cc2)c1-c1ccncn1. The van der Waals surface area contributed by atoms with Crippen LogP contribution in [0.1, 0.15) is 5.56 Å². The Balaban J connectivity index is 1.69. The molecule has 0 atom stereocenters. The molecule has 4 aromatic rings. The number of carbonyl (C=O) groups is 1. The molecule has 0 saturated heterocycles. The summed E-state index contributed by atoms with van der Waals surface area (Å²) in [6.07, 6.45) is 3.32. The third-order valence-electron chi connectivity index (χ3n) is 4.11. The summed E-state index contributed by atoms with van der Waals surface area (Å²) in [6, 6.07) is 18.9. The minimum atomic E-state index is -0.194. The molecule has 138 valence electrons. The Morgan fingerprint density at radius 1 is 1.04 bits per heavy atom. The molecular weight excluding hydrogens is 420 g/mol. The van der Waals surface area contributed by atoms with Gasteiger partial charge in [0.25, 0.3) is 0 Å². The van der Waals surface area contributed by atoms with Gasteiger partial charge in [-0.1, -0.05) is 63.6 Å². The van der Waals surface area contributed by atoms with Crippen LogP contribution in [-0.2, 0) is 11.2 Å². The molecule has 2 aromatic heterocycles. The summed E-state index contributed by atoms with van der Waals surface area (Å²) in [6.45, 7) is 0. The molecule has 1 amide bonds. The van der Waals surface area contributed by atoms with E-state index in [1.54, 1.807) is 12.3 Å². The highest BCUT2D eigenvalue weighted by molar-refractivity contribution is 9.10. The highest BCUT2D eigenvalue weighted by atomic mass is 79.9. The molecule has 7 heteroatoms. The van der Waals surface area contributed by atoms with E-state index in [-0.39, 0.29) is 18.2 Å². The summed E-state index contributed by atoms with van der Waals surface area (Å²) in [7, 11) is 0. The lowest BCUT2D eigenvalue weighted by Gasteiger charge is -2.06. The zero-order valence-corrected chi connectivity index (χ0v) is 16.3. The van der Waals surface area contributed by atoms with Gasteiger partial charge in [0.1, 0.15) is 12.0 Å². The summed E-state index contributed by atoms with van der Waals surface area (Å²) in [5.41, 5.74) is 3.59. The molecule has 0 aliphatic rings. The van der Waals surface area contributed by atoms with Crippen molar-refractivity contribution in [2.45, 2.75) is 6.42 Å². The molecule has 2 aromatic carbocycles. The molecule has 0 unspecified atom stereocenters. The van der Waals surface area contributed by atoms with E-state index < -0.39 is 0 Å². The third kappa shape index (κ3) is 3.99. The monoisotopic (exact) mass is 434 g/mol. The number of halogens is 1. The summed E-state index contributed by atoms with van der Waals surface area (Å²) in [5, 5.41) is 7.01. The molecule has 0 fully saturated rings. The van der Waals surface area contributed by atoms with Crippen molar-refractivity contribution in [2.24, 2.45) is 0 Å². The lowest BCUT2D eigenvalue weighted by Crippen LogP contribution is -2.14. The normalized spacial score (nSPS) is 10.6. The number of benzene rings is 2. The van der Waals surface area contributed by atoms with Crippen LogP contribution in [-0.4, -0.2) is 21.0 Å². The van der Waals surface area contributed by atoms with Crippen molar-refractivity contribution in [3.05, 3.63) is 83.2 Å². The molecule has 0 aliphatic heterocycles. The highest BCUT2D eigenvalue weighted by Crippen LogP contribution is 2.37. The van der Waals surface area contributed by atoms with Gasteiger partial charge in [0, 0.05) is 16.2 Å². The molecule has 4 rings (SSSR count). The van der Waals surface area contributed by atoms with E-state index >= 15 is 0 Å². The minimum absolute atomic E-state index is 0.194. The van der Waals surface area contributed by atoms with Gasteiger partial charge in [-0.25, -0.2) is 9.97 Å². The predicted molar refractivity (Wildman–Crippen MR) is 109 cm³/mol. The molecular formula is C21H15BrN4O2. The largest absolute Gasteiger partial charge is 0.337 e. The quantitative estimate of drug-likeness (QED) is 0.490. The second kappa shape index (κ2) is 8.14. The topological polar surface area (TPSA) is 80.9 Å². The first-order valence-corrected chi connectivity index (χ1v) is 9.36. The number of hydrogen-bond acceptors (Lipinski definition) is 5. The predicted octanol–water partition coefficient (Wildman–Crippen LogP) is 4.74. The number of nitrogens with zero attached hydrogens (tertiary/aromatic N) is 3. The first-order valence-electron chi connectivity index (χ1n) is 8.56. The number of aromatic nitrogens is 3. The Morgan fingerprint density at radius 2 is 1.82 bits per heavy atom. The van der Waals surface area contributed by atoms with Crippen LogP contribution in [0.2, 0.25) is 0 Å². The Morgan fingerprint density at radius 3 is 2.54 bits per heavy atom. The average Bonchev–Trinajstić information content (AvgIpc) is 3.13. The van der Waals surface area contributed by atoms with Crippen LogP contribution in [0, 0.1) is 0 Å². The fraction of sp³-hybridized carbons (Fsp3) is 0.0476. The third-order valence-corrected chi connectivity index (χ3v) is 4.64. The zero-order chi connectivity index (χ0) is 19.3. The van der Waals surface area contributed by atoms with Crippen molar-refractivity contribution in [1.29, 1.82) is 0 Å². The van der Waals surface area contributed by atoms with Crippen LogP contribution in [0.5, 0.6) is 0 Å². The average molecular weight is 435 g/mol. The van der Waals surface area contributed by atoms with Crippen molar-refractivity contribution in [3.63, 3.8) is 0 Å². The Hall–Kier alpha value is -3.32. The fourth-order valence-corrected chi connectivity index (χ4v) is 3.07. The Kier molecular flexibility index (Phi) is 5.25. The minimum Gasteiger partial charge on any atom is -0.337 e. The van der Waals surface area contributed by atoms with Gasteiger partial charge in [-0.15, -0.1) is 0 Å². The van der Waals surface area contributed by atoms with Crippen LogP contribution in [0.25, 0.3) is 22.5 Å². The summed E-state index contributed by atoms with van der Waals surface area (Å²) < 4.78 is 6.45. The molecule has 0 radical (unpaired) electrons. The molecule has 28 heavy (non-hydrogen) atoms. The van der Waals surface area contributed by atoms with Gasteiger partial charge in [0.05, 0.1) is 17.7 Å². The second-order valence-corrected chi connectivity index (χ2v) is 6.96. The van der Waals surface area contributed by atoms with Gasteiger partial charge in [0.15, 0.2) is 0 Å². The summed E-state index contributed by atoms with van der Waals surface area (Å²) >= 11 is 3.43. The molecule has 2 heterocycles. The maximum absolute atomic E-state index is 12.5. The lowest BCUT2D eigenvalue weighted by molar-refractivity contribution is -0.115. The Bertz CT molecular complexity index is 1080. The van der Waals surface area contributed by atoms with Gasteiger partial charge in [-0.2, -0.15) is 0 Å². The molecule has 0 spiro atoms. The van der Waals surface area contributed by atoms with Gasteiger partial charge in [0.2, 0.25) is 11.8 Å². The van der Waals surface area contributed by atoms with E-state index in [1.165, 1.54) is 6.33 Å². The molecule has 0 saturated carbocycles. The number of anilines is 1. The van der Waals surface area contributed by atoms with Crippen molar-refractivity contribution >= 4 is 27.7 Å². The zero-order valence-electron chi connectivity index (χ0n) is 14.7. The van der Waals surface area contributed by atoms with E-state index in [4.69, 9.17) is 4.52 Å². The number of hydrogen-bond donors (Lipinski definition) is 1. The van der Waals surface area contributed by atoms with Gasteiger partial charge in [-0.05, 0) is 23.8 Å². The van der Waals surface area contributed by atoms with Gasteiger partial charge in [-0.3, -0.25) is 10.1 Å². The van der Waals surface area contributed by atoms with E-state index in [2.05, 4.69) is 36.4 Å². The number of nitrogens with one attached hydrogen (secondary N) is 1. The smallest absolute Gasteiger partial charge is 0.241 e. The van der Waals surface area contributed by atoms with Crippen molar-refractivity contribution < 1.29 is 9.32 Å². The number of carbonyl (C=O) groups excluding carboxylic acids is 1. The van der Waals surface area contributed by atoms with E-state index in [0.717, 1.165) is 15.6 Å². The van der Waals surface area contributed by atoms with Crippen LogP contribution in [0.15, 0.2) is 82.2 Å². The summed E-state index contributed by atoms with van der Waals surface area (Å²) in [5.74, 6) is 0.0672. The van der Waals surface area contributed by atoms with Crippen LogP contribution < -0.4 is 5.32 Å². The van der Waals surface area contributed by atoms with Crippen molar-refractivity contribution in [3.8, 4) is 22.5 Å². The van der Waals surface area contributed by atoms with Crippen molar-refractivity contribution in [2.75, 3.05) is 5.32 Å². The Labute approximate surface area is 169 Å². The lowest BCUT2D eigenvalue weighted by atomic mass is 10.0. The first-order chi connectivity index (χ1) is 13.7. The van der Waals surface area contributed by atoms with Gasteiger partial charge < -0.3 is 4.52 Å². The van der Waals surface area contributed by atoms with E-state index in [9.17, 15) is 4.79 Å². The van der Waals surface area contributed by atoms with Gasteiger partial charge >= 0.3 is 0 Å². The summed E-state index contributed by atoms with van der Waals surface area (Å²) in [4.78, 5) is 20.8. The van der Waals surface area contributed by atoms with Crippen molar-refractivity contribution in [1.82, 2.24) is 15.1 Å². The first kappa shape index (κ1) is 18.1. The van der Waals surface area contributed by atoms with Crippen LogP contribution >= 0.6 is 15.9 Å². The second-order valence-electron chi connectivity index (χ2n) is 6.05. The number of rotatable bonds is 5. The maximum Gasteiger partial charge on any atom is 0.241 e.